The number of halogens is 1. The van der Waals surface area contributed by atoms with Crippen molar-refractivity contribution in [3.05, 3.63) is 47.1 Å². The minimum absolute atomic E-state index is 0.103. The molecule has 0 atom stereocenters. The first-order valence-electron chi connectivity index (χ1n) is 4.58. The Hall–Kier alpha value is -1.54. The normalized spacial score (nSPS) is 10.3. The highest BCUT2D eigenvalue weighted by molar-refractivity contribution is 6.30. The lowest BCUT2D eigenvalue weighted by Crippen LogP contribution is -1.84. The van der Waals surface area contributed by atoms with E-state index in [4.69, 9.17) is 11.6 Å². The van der Waals surface area contributed by atoms with Gasteiger partial charge in [0.25, 0.3) is 0 Å². The Morgan fingerprint density at radius 3 is 2.47 bits per heavy atom. The van der Waals surface area contributed by atoms with E-state index in [2.05, 4.69) is 4.98 Å². The van der Waals surface area contributed by atoms with E-state index in [1.54, 1.807) is 0 Å². The number of aromatic nitrogens is 1. The van der Waals surface area contributed by atoms with Gasteiger partial charge in [-0.25, -0.2) is 0 Å². The summed E-state index contributed by atoms with van der Waals surface area (Å²) in [5.41, 5.74) is 2.61. The maximum atomic E-state index is 9.67. The molecule has 2 rings (SSSR count). The smallest absolute Gasteiger partial charge is 0.143 e. The summed E-state index contributed by atoms with van der Waals surface area (Å²) >= 11 is 5.71. The van der Waals surface area contributed by atoms with Crippen molar-refractivity contribution < 1.29 is 5.11 Å². The summed E-state index contributed by atoms with van der Waals surface area (Å²) in [5.74, 6) is 0.103. The van der Waals surface area contributed by atoms with Crippen LogP contribution in [-0.4, -0.2) is 10.1 Å². The van der Waals surface area contributed by atoms with Crippen molar-refractivity contribution in [3.63, 3.8) is 0 Å². The van der Waals surface area contributed by atoms with Crippen LogP contribution in [0.1, 0.15) is 5.56 Å². The molecule has 3 heteroatoms. The molecule has 0 saturated heterocycles. The van der Waals surface area contributed by atoms with Gasteiger partial charge in [0.2, 0.25) is 0 Å². The van der Waals surface area contributed by atoms with E-state index in [-0.39, 0.29) is 5.75 Å². The first-order valence-corrected chi connectivity index (χ1v) is 4.96. The van der Waals surface area contributed by atoms with Crippen LogP contribution in [0.2, 0.25) is 5.02 Å². The second-order valence-corrected chi connectivity index (χ2v) is 3.82. The van der Waals surface area contributed by atoms with E-state index in [0.717, 1.165) is 5.56 Å². The maximum Gasteiger partial charge on any atom is 0.143 e. The summed E-state index contributed by atoms with van der Waals surface area (Å²) < 4.78 is 0. The molecule has 2 nitrogen and oxygen atoms in total. The van der Waals surface area contributed by atoms with Crippen molar-refractivity contribution in [1.82, 2.24) is 4.98 Å². The van der Waals surface area contributed by atoms with Gasteiger partial charge < -0.3 is 5.11 Å². The largest absolute Gasteiger partial charge is 0.506 e. The number of rotatable bonds is 1. The quantitative estimate of drug-likeness (QED) is 0.797. The number of hydrogen-bond donors (Lipinski definition) is 1. The molecule has 0 saturated carbocycles. The molecule has 1 aromatic heterocycles. The Morgan fingerprint density at radius 2 is 1.87 bits per heavy atom. The zero-order chi connectivity index (χ0) is 10.8. The fraction of sp³-hybridized carbons (Fsp3) is 0.0833. The van der Waals surface area contributed by atoms with E-state index in [1.165, 1.54) is 17.8 Å². The fourth-order valence-electron chi connectivity index (χ4n) is 1.36. The number of hydrogen-bond acceptors (Lipinski definition) is 2. The molecule has 0 aliphatic rings. The SMILES string of the molecule is Cc1ccc(-c2ncc(Cl)cc2O)cc1. The zero-order valence-electron chi connectivity index (χ0n) is 8.24. The van der Waals surface area contributed by atoms with Crippen LogP contribution in [0.5, 0.6) is 5.75 Å². The summed E-state index contributed by atoms with van der Waals surface area (Å²) in [6, 6.07) is 9.29. The highest BCUT2D eigenvalue weighted by Gasteiger charge is 2.05. The number of aromatic hydroxyl groups is 1. The summed E-state index contributed by atoms with van der Waals surface area (Å²) in [6.07, 6.45) is 1.52. The second kappa shape index (κ2) is 3.91. The van der Waals surface area contributed by atoms with Crippen LogP contribution >= 0.6 is 11.6 Å². The molecule has 2 aromatic rings. The first kappa shape index (κ1) is 9.99. The topological polar surface area (TPSA) is 33.1 Å². The third-order valence-corrected chi connectivity index (χ3v) is 2.37. The van der Waals surface area contributed by atoms with Crippen molar-refractivity contribution in [2.24, 2.45) is 0 Å². The molecule has 0 spiro atoms. The Labute approximate surface area is 93.2 Å². The summed E-state index contributed by atoms with van der Waals surface area (Å²) in [6.45, 7) is 2.01. The Kier molecular flexibility index (Phi) is 2.60. The maximum absolute atomic E-state index is 9.67. The zero-order valence-corrected chi connectivity index (χ0v) is 8.99. The lowest BCUT2D eigenvalue weighted by molar-refractivity contribution is 0.475. The number of pyridine rings is 1. The van der Waals surface area contributed by atoms with Crippen molar-refractivity contribution in [2.75, 3.05) is 0 Å². The van der Waals surface area contributed by atoms with Gasteiger partial charge in [0, 0.05) is 17.8 Å². The highest BCUT2D eigenvalue weighted by atomic mass is 35.5. The predicted molar refractivity (Wildman–Crippen MR) is 61.1 cm³/mol. The van der Waals surface area contributed by atoms with E-state index < -0.39 is 0 Å². The van der Waals surface area contributed by atoms with Gasteiger partial charge in [-0.05, 0) is 6.92 Å². The molecule has 1 heterocycles. The van der Waals surface area contributed by atoms with Crippen LogP contribution in [0.3, 0.4) is 0 Å². The molecular weight excluding hydrogens is 210 g/mol. The van der Waals surface area contributed by atoms with Gasteiger partial charge in [0.1, 0.15) is 11.4 Å². The van der Waals surface area contributed by atoms with Gasteiger partial charge in [0.05, 0.1) is 5.02 Å². The summed E-state index contributed by atoms with van der Waals surface area (Å²) in [4.78, 5) is 4.10. The van der Waals surface area contributed by atoms with E-state index >= 15 is 0 Å². The van der Waals surface area contributed by atoms with Crippen LogP contribution in [0, 0.1) is 6.92 Å². The molecule has 0 radical (unpaired) electrons. The Bertz CT molecular complexity index is 479. The van der Waals surface area contributed by atoms with E-state index in [1.807, 2.05) is 31.2 Å². The molecular formula is C12H10ClNO. The minimum atomic E-state index is 0.103. The number of benzene rings is 1. The van der Waals surface area contributed by atoms with Crippen molar-refractivity contribution in [2.45, 2.75) is 6.92 Å². The third-order valence-electron chi connectivity index (χ3n) is 2.16. The average Bonchev–Trinajstić information content (AvgIpc) is 2.20. The van der Waals surface area contributed by atoms with E-state index in [9.17, 15) is 5.11 Å². The van der Waals surface area contributed by atoms with Crippen molar-refractivity contribution >= 4 is 11.6 Å². The number of aryl methyl sites for hydroxylation is 1. The molecule has 0 aliphatic carbocycles. The standard InChI is InChI=1S/C12H10ClNO/c1-8-2-4-9(5-3-8)12-11(15)6-10(13)7-14-12/h2-7,15H,1H3. The molecule has 76 valence electrons. The Balaban J connectivity index is 2.49. The number of nitrogens with zero attached hydrogens (tertiary/aromatic N) is 1. The van der Waals surface area contributed by atoms with Gasteiger partial charge in [-0.1, -0.05) is 41.4 Å². The molecule has 0 amide bonds. The first-order chi connectivity index (χ1) is 7.16. The lowest BCUT2D eigenvalue weighted by Gasteiger charge is -2.04. The van der Waals surface area contributed by atoms with E-state index in [0.29, 0.717) is 10.7 Å². The van der Waals surface area contributed by atoms with Crippen LogP contribution in [0.15, 0.2) is 36.5 Å². The molecule has 1 aromatic carbocycles. The third kappa shape index (κ3) is 2.10. The van der Waals surface area contributed by atoms with Gasteiger partial charge in [-0.15, -0.1) is 0 Å². The fourth-order valence-corrected chi connectivity index (χ4v) is 1.51. The molecule has 0 unspecified atom stereocenters. The molecule has 15 heavy (non-hydrogen) atoms. The predicted octanol–water partition coefficient (Wildman–Crippen LogP) is 3.42. The summed E-state index contributed by atoms with van der Waals surface area (Å²) in [7, 11) is 0. The molecule has 1 N–H and O–H groups in total. The van der Waals surface area contributed by atoms with Crippen LogP contribution in [0.4, 0.5) is 0 Å². The minimum Gasteiger partial charge on any atom is -0.506 e. The van der Waals surface area contributed by atoms with Crippen molar-refractivity contribution in [1.29, 1.82) is 0 Å². The average molecular weight is 220 g/mol. The van der Waals surface area contributed by atoms with Gasteiger partial charge in [-0.3, -0.25) is 4.98 Å². The van der Waals surface area contributed by atoms with Gasteiger partial charge >= 0.3 is 0 Å². The molecule has 0 aliphatic heterocycles. The monoisotopic (exact) mass is 219 g/mol. The van der Waals surface area contributed by atoms with Gasteiger partial charge in [0.15, 0.2) is 0 Å². The molecule has 0 fully saturated rings. The van der Waals surface area contributed by atoms with Gasteiger partial charge in [-0.2, -0.15) is 0 Å². The lowest BCUT2D eigenvalue weighted by atomic mass is 10.1. The van der Waals surface area contributed by atoms with Crippen LogP contribution in [0.25, 0.3) is 11.3 Å². The molecule has 0 bridgehead atoms. The highest BCUT2D eigenvalue weighted by Crippen LogP contribution is 2.28. The Morgan fingerprint density at radius 1 is 1.20 bits per heavy atom. The van der Waals surface area contributed by atoms with Crippen LogP contribution in [-0.2, 0) is 0 Å². The summed E-state index contributed by atoms with van der Waals surface area (Å²) in [5, 5.41) is 10.1. The van der Waals surface area contributed by atoms with Crippen LogP contribution < -0.4 is 0 Å². The second-order valence-electron chi connectivity index (χ2n) is 3.39. The van der Waals surface area contributed by atoms with Crippen molar-refractivity contribution in [3.8, 4) is 17.0 Å².